The smallest absolute Gasteiger partial charge is 0.409 e. The molecule has 0 bridgehead atoms. The maximum Gasteiger partial charge on any atom is 0.409 e. The highest BCUT2D eigenvalue weighted by Crippen LogP contribution is 2.09. The van der Waals surface area contributed by atoms with Crippen LogP contribution in [0.15, 0.2) is 0 Å². The van der Waals surface area contributed by atoms with Gasteiger partial charge in [-0.3, -0.25) is 4.90 Å². The number of amides is 1. The average Bonchev–Trinajstić information content (AvgIpc) is 2.18. The largest absolute Gasteiger partial charge is 0.450 e. The van der Waals surface area contributed by atoms with E-state index >= 15 is 0 Å². The Morgan fingerprint density at radius 1 is 1.43 bits per heavy atom. The molecule has 0 aliphatic carbocycles. The molecule has 1 atom stereocenters. The summed E-state index contributed by atoms with van der Waals surface area (Å²) in [5.74, 6) is 0. The molecule has 0 N–H and O–H groups in total. The van der Waals surface area contributed by atoms with Crippen molar-refractivity contribution >= 4 is 18.7 Å². The van der Waals surface area contributed by atoms with E-state index in [9.17, 15) is 4.79 Å². The normalized spacial score (nSPS) is 20.6. The van der Waals surface area contributed by atoms with E-state index in [1.165, 1.54) is 0 Å². The van der Waals surface area contributed by atoms with E-state index < -0.39 is 0 Å². The molecule has 1 heterocycles. The van der Waals surface area contributed by atoms with Crippen molar-refractivity contribution in [3.05, 3.63) is 0 Å². The van der Waals surface area contributed by atoms with Gasteiger partial charge in [-0.05, 0) is 13.8 Å². The molecule has 1 aliphatic rings. The Hall–Kier alpha value is -0.420. The number of carbonyl (C=O) groups excluding carboxylic acids is 1. The molecule has 1 aliphatic heterocycles. The summed E-state index contributed by atoms with van der Waals surface area (Å²) in [6, 6.07) is 0. The molecule has 0 saturated carbocycles. The van der Waals surface area contributed by atoms with Crippen LogP contribution in [-0.2, 0) is 4.74 Å². The van der Waals surface area contributed by atoms with Crippen LogP contribution in [0.2, 0.25) is 0 Å². The molecule has 4 nitrogen and oxygen atoms in total. The van der Waals surface area contributed by atoms with Gasteiger partial charge in [-0.2, -0.15) is 12.6 Å². The minimum atomic E-state index is -0.195. The highest BCUT2D eigenvalue weighted by atomic mass is 32.1. The van der Waals surface area contributed by atoms with E-state index in [0.717, 1.165) is 26.2 Å². The molecule has 14 heavy (non-hydrogen) atoms. The van der Waals surface area contributed by atoms with Crippen molar-refractivity contribution in [3.63, 3.8) is 0 Å². The second-order valence-corrected chi connectivity index (χ2v) is 4.10. The summed E-state index contributed by atoms with van der Waals surface area (Å²) < 4.78 is 4.93. The van der Waals surface area contributed by atoms with E-state index in [2.05, 4.69) is 17.5 Å². The second kappa shape index (κ2) is 5.46. The van der Waals surface area contributed by atoms with E-state index in [1.807, 2.05) is 13.8 Å². The Balaban J connectivity index is 2.31. The van der Waals surface area contributed by atoms with Gasteiger partial charge in [0.25, 0.3) is 0 Å². The number of ether oxygens (including phenoxy) is 1. The van der Waals surface area contributed by atoms with E-state index in [0.29, 0.717) is 6.61 Å². The number of rotatable bonds is 2. The van der Waals surface area contributed by atoms with Crippen LogP contribution in [0, 0.1) is 0 Å². The van der Waals surface area contributed by atoms with Crippen LogP contribution in [0.25, 0.3) is 0 Å². The van der Waals surface area contributed by atoms with Gasteiger partial charge in [0.2, 0.25) is 0 Å². The summed E-state index contributed by atoms with van der Waals surface area (Å²) in [6.07, 6.45) is -0.195. The summed E-state index contributed by atoms with van der Waals surface area (Å²) in [5, 5.41) is 0.263. The molecule has 0 aromatic carbocycles. The van der Waals surface area contributed by atoms with Gasteiger partial charge < -0.3 is 9.64 Å². The van der Waals surface area contributed by atoms with Crippen LogP contribution in [-0.4, -0.2) is 54.1 Å². The zero-order chi connectivity index (χ0) is 10.6. The maximum atomic E-state index is 11.3. The Bertz CT molecular complexity index is 191. The summed E-state index contributed by atoms with van der Waals surface area (Å²) in [4.78, 5) is 15.3. The Morgan fingerprint density at radius 3 is 2.43 bits per heavy atom. The molecule has 1 rings (SSSR count). The van der Waals surface area contributed by atoms with Gasteiger partial charge in [0.05, 0.1) is 12.0 Å². The Labute approximate surface area is 90.6 Å². The second-order valence-electron chi connectivity index (χ2n) is 3.35. The molecule has 0 spiro atoms. The SMILES string of the molecule is CCOC(=O)N1CCN(C(C)S)CC1. The zero-order valence-corrected chi connectivity index (χ0v) is 9.67. The van der Waals surface area contributed by atoms with Crippen molar-refractivity contribution in [2.75, 3.05) is 32.8 Å². The van der Waals surface area contributed by atoms with Gasteiger partial charge in [0, 0.05) is 26.2 Å². The molecule has 0 aromatic heterocycles. The molecular formula is C9H18N2O2S. The fourth-order valence-corrected chi connectivity index (χ4v) is 1.72. The third-order valence-corrected chi connectivity index (χ3v) is 2.70. The number of hydrogen-bond acceptors (Lipinski definition) is 4. The van der Waals surface area contributed by atoms with Gasteiger partial charge in [0.1, 0.15) is 0 Å². The first-order valence-corrected chi connectivity index (χ1v) is 5.50. The summed E-state index contributed by atoms with van der Waals surface area (Å²) >= 11 is 4.35. The lowest BCUT2D eigenvalue weighted by molar-refractivity contribution is 0.0784. The van der Waals surface area contributed by atoms with Gasteiger partial charge in [0.15, 0.2) is 0 Å². The number of carbonyl (C=O) groups is 1. The molecule has 5 heteroatoms. The first-order chi connectivity index (χ1) is 6.65. The maximum absolute atomic E-state index is 11.3. The highest BCUT2D eigenvalue weighted by molar-refractivity contribution is 7.80. The first-order valence-electron chi connectivity index (χ1n) is 4.99. The Morgan fingerprint density at radius 2 is 2.00 bits per heavy atom. The Kier molecular flexibility index (Phi) is 4.54. The lowest BCUT2D eigenvalue weighted by Crippen LogP contribution is -2.50. The van der Waals surface area contributed by atoms with Crippen molar-refractivity contribution < 1.29 is 9.53 Å². The molecule has 0 aromatic rings. The fourth-order valence-electron chi connectivity index (χ4n) is 1.49. The predicted molar refractivity (Wildman–Crippen MR) is 58.6 cm³/mol. The number of thiol groups is 1. The quantitative estimate of drug-likeness (QED) is 0.703. The van der Waals surface area contributed by atoms with Crippen molar-refractivity contribution in [2.45, 2.75) is 19.2 Å². The zero-order valence-electron chi connectivity index (χ0n) is 8.77. The average molecular weight is 218 g/mol. The van der Waals surface area contributed by atoms with Gasteiger partial charge >= 0.3 is 6.09 Å². The summed E-state index contributed by atoms with van der Waals surface area (Å²) in [7, 11) is 0. The van der Waals surface area contributed by atoms with Crippen molar-refractivity contribution in [3.8, 4) is 0 Å². The number of nitrogens with zero attached hydrogens (tertiary/aromatic N) is 2. The summed E-state index contributed by atoms with van der Waals surface area (Å²) in [6.45, 7) is 7.55. The minimum absolute atomic E-state index is 0.195. The minimum Gasteiger partial charge on any atom is -0.450 e. The third-order valence-electron chi connectivity index (χ3n) is 2.37. The van der Waals surface area contributed by atoms with Crippen LogP contribution in [0.3, 0.4) is 0 Å². The van der Waals surface area contributed by atoms with E-state index in [1.54, 1.807) is 4.90 Å². The number of hydrogen-bond donors (Lipinski definition) is 1. The standard InChI is InChI=1S/C9H18N2O2S/c1-3-13-9(12)11-6-4-10(5-7-11)8(2)14/h8,14H,3-7H2,1-2H3. The topological polar surface area (TPSA) is 32.8 Å². The fraction of sp³-hybridized carbons (Fsp3) is 0.889. The van der Waals surface area contributed by atoms with Crippen molar-refractivity contribution in [2.24, 2.45) is 0 Å². The summed E-state index contributed by atoms with van der Waals surface area (Å²) in [5.41, 5.74) is 0. The van der Waals surface area contributed by atoms with Crippen molar-refractivity contribution in [1.82, 2.24) is 9.80 Å². The molecule has 82 valence electrons. The van der Waals surface area contributed by atoms with E-state index in [-0.39, 0.29) is 11.5 Å². The van der Waals surface area contributed by atoms with Crippen molar-refractivity contribution in [1.29, 1.82) is 0 Å². The molecular weight excluding hydrogens is 200 g/mol. The third kappa shape index (κ3) is 3.06. The lowest BCUT2D eigenvalue weighted by atomic mass is 10.3. The van der Waals surface area contributed by atoms with Crippen LogP contribution in [0.5, 0.6) is 0 Å². The molecule has 1 fully saturated rings. The monoisotopic (exact) mass is 218 g/mol. The van der Waals surface area contributed by atoms with Crippen LogP contribution >= 0.6 is 12.6 Å². The molecule has 1 amide bonds. The van der Waals surface area contributed by atoms with E-state index in [4.69, 9.17) is 4.74 Å². The van der Waals surface area contributed by atoms with Gasteiger partial charge in [-0.1, -0.05) is 0 Å². The van der Waals surface area contributed by atoms with Gasteiger partial charge in [-0.15, -0.1) is 0 Å². The van der Waals surface area contributed by atoms with Gasteiger partial charge in [-0.25, -0.2) is 4.79 Å². The van der Waals surface area contributed by atoms with Crippen LogP contribution < -0.4 is 0 Å². The highest BCUT2D eigenvalue weighted by Gasteiger charge is 2.23. The number of piperazine rings is 1. The lowest BCUT2D eigenvalue weighted by Gasteiger charge is -2.35. The molecule has 1 unspecified atom stereocenters. The predicted octanol–water partition coefficient (Wildman–Crippen LogP) is 1.04. The van der Waals surface area contributed by atoms with Crippen LogP contribution in [0.4, 0.5) is 4.79 Å². The first kappa shape index (κ1) is 11.7. The van der Waals surface area contributed by atoms with Crippen LogP contribution in [0.1, 0.15) is 13.8 Å². The molecule has 0 radical (unpaired) electrons. The molecule has 1 saturated heterocycles.